The summed E-state index contributed by atoms with van der Waals surface area (Å²) in [6.07, 6.45) is 0. The average molecular weight is 302 g/mol. The first-order chi connectivity index (χ1) is 10.3. The molecular weight excluding hydrogens is 287 g/mol. The molecule has 1 atom stereocenters. The van der Waals surface area contributed by atoms with E-state index in [9.17, 15) is 19.1 Å². The Labute approximate surface area is 127 Å². The third-order valence-electron chi connectivity index (χ3n) is 3.36. The van der Waals surface area contributed by atoms with Crippen LogP contribution in [-0.4, -0.2) is 17.0 Å². The number of ether oxygens (including phenoxy) is 1. The van der Waals surface area contributed by atoms with Crippen molar-refractivity contribution in [3.05, 3.63) is 59.9 Å². The van der Waals surface area contributed by atoms with Crippen molar-refractivity contribution in [1.29, 1.82) is 0 Å². The summed E-state index contributed by atoms with van der Waals surface area (Å²) >= 11 is 0. The van der Waals surface area contributed by atoms with Crippen LogP contribution in [0.5, 0.6) is 0 Å². The van der Waals surface area contributed by atoms with E-state index < -0.39 is 23.4 Å². The Balaban J connectivity index is 2.48. The SMILES string of the molecule is CC(=O)OC(C)(C(=O)O)c1ccc(-c2ccccc2)c(F)c1. The second kappa shape index (κ2) is 5.97. The second-order valence-corrected chi connectivity index (χ2v) is 4.99. The highest BCUT2D eigenvalue weighted by atomic mass is 19.1. The van der Waals surface area contributed by atoms with Gasteiger partial charge in [0.05, 0.1) is 0 Å². The van der Waals surface area contributed by atoms with Crippen molar-refractivity contribution >= 4 is 11.9 Å². The normalized spacial score (nSPS) is 13.2. The molecule has 0 saturated carbocycles. The van der Waals surface area contributed by atoms with E-state index in [1.54, 1.807) is 24.3 Å². The van der Waals surface area contributed by atoms with Crippen LogP contribution in [-0.2, 0) is 19.9 Å². The first kappa shape index (κ1) is 15.7. The topological polar surface area (TPSA) is 63.6 Å². The fourth-order valence-corrected chi connectivity index (χ4v) is 2.18. The molecule has 0 aliphatic rings. The maximum Gasteiger partial charge on any atom is 0.352 e. The molecule has 2 aromatic rings. The second-order valence-electron chi connectivity index (χ2n) is 4.99. The van der Waals surface area contributed by atoms with Crippen molar-refractivity contribution in [2.24, 2.45) is 0 Å². The number of benzene rings is 2. The predicted molar refractivity (Wildman–Crippen MR) is 78.6 cm³/mol. The van der Waals surface area contributed by atoms with Crippen LogP contribution in [0.4, 0.5) is 4.39 Å². The number of hydrogen-bond donors (Lipinski definition) is 1. The van der Waals surface area contributed by atoms with E-state index in [0.717, 1.165) is 13.0 Å². The number of aliphatic carboxylic acids is 1. The Morgan fingerprint density at radius 3 is 2.27 bits per heavy atom. The molecule has 0 amide bonds. The quantitative estimate of drug-likeness (QED) is 0.880. The van der Waals surface area contributed by atoms with Crippen LogP contribution in [0.15, 0.2) is 48.5 Å². The van der Waals surface area contributed by atoms with Gasteiger partial charge in [-0.1, -0.05) is 42.5 Å². The number of hydrogen-bond acceptors (Lipinski definition) is 3. The van der Waals surface area contributed by atoms with E-state index in [1.165, 1.54) is 19.1 Å². The number of carbonyl (C=O) groups is 2. The highest BCUT2D eigenvalue weighted by Gasteiger charge is 2.39. The molecule has 2 aromatic carbocycles. The first-order valence-electron chi connectivity index (χ1n) is 6.63. The maximum atomic E-state index is 14.3. The lowest BCUT2D eigenvalue weighted by Gasteiger charge is -2.25. The minimum absolute atomic E-state index is 0.0624. The van der Waals surface area contributed by atoms with Crippen molar-refractivity contribution in [1.82, 2.24) is 0 Å². The Morgan fingerprint density at radius 2 is 1.77 bits per heavy atom. The Hall–Kier alpha value is -2.69. The number of carbonyl (C=O) groups excluding carboxylic acids is 1. The Kier molecular flexibility index (Phi) is 4.26. The first-order valence-corrected chi connectivity index (χ1v) is 6.63. The number of halogens is 1. The molecule has 0 bridgehead atoms. The summed E-state index contributed by atoms with van der Waals surface area (Å²) in [5, 5.41) is 9.31. The van der Waals surface area contributed by atoms with Gasteiger partial charge in [0.25, 0.3) is 0 Å². The van der Waals surface area contributed by atoms with E-state index in [2.05, 4.69) is 0 Å². The molecule has 2 rings (SSSR count). The summed E-state index contributed by atoms with van der Waals surface area (Å²) in [6, 6.07) is 12.9. The van der Waals surface area contributed by atoms with Gasteiger partial charge in [0.1, 0.15) is 5.82 Å². The van der Waals surface area contributed by atoms with Gasteiger partial charge in [0.2, 0.25) is 5.60 Å². The number of rotatable bonds is 4. The van der Waals surface area contributed by atoms with Crippen LogP contribution < -0.4 is 0 Å². The molecule has 0 radical (unpaired) electrons. The smallest absolute Gasteiger partial charge is 0.352 e. The van der Waals surface area contributed by atoms with Gasteiger partial charge in [-0.25, -0.2) is 9.18 Å². The van der Waals surface area contributed by atoms with Gasteiger partial charge in [0.15, 0.2) is 0 Å². The van der Waals surface area contributed by atoms with Gasteiger partial charge in [-0.3, -0.25) is 4.79 Å². The highest BCUT2D eigenvalue weighted by molar-refractivity contribution is 5.83. The maximum absolute atomic E-state index is 14.3. The van der Waals surface area contributed by atoms with Crippen LogP contribution in [0.3, 0.4) is 0 Å². The van der Waals surface area contributed by atoms with E-state index in [-0.39, 0.29) is 5.56 Å². The zero-order valence-electron chi connectivity index (χ0n) is 12.2. The molecule has 1 unspecified atom stereocenters. The van der Waals surface area contributed by atoms with Gasteiger partial charge < -0.3 is 9.84 Å². The molecule has 114 valence electrons. The van der Waals surface area contributed by atoms with E-state index in [1.807, 2.05) is 6.07 Å². The third kappa shape index (κ3) is 2.98. The number of esters is 1. The average Bonchev–Trinajstić information content (AvgIpc) is 2.47. The van der Waals surface area contributed by atoms with Crippen molar-refractivity contribution in [3.8, 4) is 11.1 Å². The van der Waals surface area contributed by atoms with Crippen LogP contribution in [0.1, 0.15) is 19.4 Å². The third-order valence-corrected chi connectivity index (χ3v) is 3.36. The summed E-state index contributed by atoms with van der Waals surface area (Å²) in [7, 11) is 0. The molecule has 0 spiro atoms. The van der Waals surface area contributed by atoms with Gasteiger partial charge in [-0.15, -0.1) is 0 Å². The molecule has 0 aromatic heterocycles. The van der Waals surface area contributed by atoms with Gasteiger partial charge in [-0.05, 0) is 18.6 Å². The Morgan fingerprint density at radius 1 is 1.14 bits per heavy atom. The largest absolute Gasteiger partial charge is 0.478 e. The summed E-state index contributed by atoms with van der Waals surface area (Å²) in [6.45, 7) is 2.32. The predicted octanol–water partition coefficient (Wildman–Crippen LogP) is 3.36. The van der Waals surface area contributed by atoms with Crippen LogP contribution in [0, 0.1) is 5.82 Å². The molecule has 0 aliphatic carbocycles. The van der Waals surface area contributed by atoms with Crippen molar-refractivity contribution < 1.29 is 23.8 Å². The minimum atomic E-state index is -1.93. The van der Waals surface area contributed by atoms with Crippen molar-refractivity contribution in [2.75, 3.05) is 0 Å². The van der Waals surface area contributed by atoms with Gasteiger partial charge >= 0.3 is 11.9 Å². The van der Waals surface area contributed by atoms with E-state index in [0.29, 0.717) is 11.1 Å². The van der Waals surface area contributed by atoms with Crippen molar-refractivity contribution in [2.45, 2.75) is 19.4 Å². The molecule has 22 heavy (non-hydrogen) atoms. The summed E-state index contributed by atoms with van der Waals surface area (Å²) < 4.78 is 19.2. The molecule has 5 heteroatoms. The summed E-state index contributed by atoms with van der Waals surface area (Å²) in [4.78, 5) is 22.6. The molecule has 0 aliphatic heterocycles. The van der Waals surface area contributed by atoms with Crippen LogP contribution in [0.25, 0.3) is 11.1 Å². The number of carboxylic acid groups (broad SMARTS) is 1. The molecule has 0 heterocycles. The summed E-state index contributed by atoms with van der Waals surface area (Å²) in [5.74, 6) is -2.70. The lowest BCUT2D eigenvalue weighted by atomic mass is 9.93. The zero-order chi connectivity index (χ0) is 16.3. The monoisotopic (exact) mass is 302 g/mol. The lowest BCUT2D eigenvalue weighted by molar-refractivity contribution is -0.176. The fourth-order valence-electron chi connectivity index (χ4n) is 2.18. The zero-order valence-corrected chi connectivity index (χ0v) is 12.2. The molecule has 1 N–H and O–H groups in total. The molecule has 0 fully saturated rings. The fraction of sp³-hybridized carbons (Fsp3) is 0.176. The van der Waals surface area contributed by atoms with E-state index >= 15 is 0 Å². The highest BCUT2D eigenvalue weighted by Crippen LogP contribution is 2.30. The van der Waals surface area contributed by atoms with Crippen molar-refractivity contribution in [3.63, 3.8) is 0 Å². The Bertz CT molecular complexity index is 712. The van der Waals surface area contributed by atoms with Gasteiger partial charge in [0, 0.05) is 18.1 Å². The molecular formula is C17H15FO4. The van der Waals surface area contributed by atoms with E-state index in [4.69, 9.17) is 4.74 Å². The molecule has 0 saturated heterocycles. The van der Waals surface area contributed by atoms with Gasteiger partial charge in [-0.2, -0.15) is 0 Å². The lowest BCUT2D eigenvalue weighted by Crippen LogP contribution is -2.37. The van der Waals surface area contributed by atoms with Crippen LogP contribution >= 0.6 is 0 Å². The molecule has 4 nitrogen and oxygen atoms in total. The number of carboxylic acids is 1. The standard InChI is InChI=1S/C17H15FO4/c1-11(19)22-17(2,16(20)21)13-8-9-14(15(18)10-13)12-6-4-3-5-7-12/h3-10H,1-2H3,(H,20,21). The summed E-state index contributed by atoms with van der Waals surface area (Å²) in [5.41, 5.74) is -0.842. The minimum Gasteiger partial charge on any atom is -0.478 e. The van der Waals surface area contributed by atoms with Crippen LogP contribution in [0.2, 0.25) is 0 Å².